The monoisotopic (exact) mass is 811 g/mol. The smallest absolute Gasteiger partial charge is 0.322 e. The molecule has 59 heavy (non-hydrogen) atoms. The van der Waals surface area contributed by atoms with Crippen molar-refractivity contribution in [3.8, 4) is 5.75 Å². The van der Waals surface area contributed by atoms with Crippen LogP contribution >= 0.6 is 0 Å². The molecule has 5 unspecified atom stereocenters. The van der Waals surface area contributed by atoms with Gasteiger partial charge in [-0.25, -0.2) is 0 Å². The third kappa shape index (κ3) is 5.37. The van der Waals surface area contributed by atoms with Gasteiger partial charge in [-0.05, 0) is 81.2 Å². The van der Waals surface area contributed by atoms with Gasteiger partial charge in [-0.15, -0.1) is 0 Å². The van der Waals surface area contributed by atoms with Gasteiger partial charge in [-0.2, -0.15) is 0 Å². The van der Waals surface area contributed by atoms with Crippen LogP contribution in [0.3, 0.4) is 0 Å². The van der Waals surface area contributed by atoms with Crippen LogP contribution in [0.5, 0.6) is 5.75 Å². The van der Waals surface area contributed by atoms with Crippen LogP contribution in [-0.4, -0.2) is 143 Å². The summed E-state index contributed by atoms with van der Waals surface area (Å²) in [4.78, 5) is 40.3. The van der Waals surface area contributed by atoms with E-state index in [1.54, 1.807) is 14.0 Å². The predicted molar refractivity (Wildman–Crippen MR) is 224 cm³/mol. The lowest BCUT2D eigenvalue weighted by Crippen LogP contribution is -2.81. The zero-order valence-electron chi connectivity index (χ0n) is 35.3. The van der Waals surface area contributed by atoms with Crippen molar-refractivity contribution >= 4 is 28.5 Å². The van der Waals surface area contributed by atoms with E-state index in [1.165, 1.54) is 7.11 Å². The number of ether oxygens (including phenoxy) is 2. The molecule has 1 amide bonds. The molecule has 318 valence electrons. The second-order valence-corrected chi connectivity index (χ2v) is 18.7. The molecule has 6 N–H and O–H groups in total. The quantitative estimate of drug-likeness (QED) is 0.146. The van der Waals surface area contributed by atoms with Gasteiger partial charge >= 0.3 is 5.97 Å². The summed E-state index contributed by atoms with van der Waals surface area (Å²) in [6.07, 6.45) is 4.83. The molecule has 1 spiro atoms. The van der Waals surface area contributed by atoms with E-state index in [1.807, 2.05) is 62.2 Å². The van der Waals surface area contributed by atoms with E-state index >= 15 is 4.79 Å². The first-order chi connectivity index (χ1) is 28.2. The van der Waals surface area contributed by atoms with Gasteiger partial charge in [0.2, 0.25) is 0 Å². The number of carbonyl (C=O) groups is 2. The van der Waals surface area contributed by atoms with Crippen LogP contribution in [0.15, 0.2) is 48.6 Å². The van der Waals surface area contributed by atoms with Crippen molar-refractivity contribution in [2.24, 2.45) is 11.3 Å². The van der Waals surface area contributed by atoms with Crippen molar-refractivity contribution in [3.05, 3.63) is 70.9 Å². The molecule has 9 rings (SSSR count). The molecule has 1 aliphatic carbocycles. The summed E-state index contributed by atoms with van der Waals surface area (Å²) < 4.78 is 12.3. The Bertz CT molecular complexity index is 2210. The van der Waals surface area contributed by atoms with E-state index in [2.05, 4.69) is 32.2 Å². The van der Waals surface area contributed by atoms with Crippen LogP contribution in [0, 0.1) is 11.3 Å². The lowest BCUT2D eigenvalue weighted by Gasteiger charge is -2.63. The molecule has 2 aromatic carbocycles. The predicted octanol–water partition coefficient (Wildman–Crippen LogP) is 2.74. The molecule has 2 saturated heterocycles. The minimum atomic E-state index is -2.31. The minimum absolute atomic E-state index is 0.0903. The minimum Gasteiger partial charge on any atom is -0.496 e. The Morgan fingerprint density at radius 3 is 2.54 bits per heavy atom. The lowest BCUT2D eigenvalue weighted by atomic mass is 9.47. The van der Waals surface area contributed by atoms with Crippen LogP contribution in [0.25, 0.3) is 10.9 Å². The standard InChI is InChI=1S/C46H61N5O8/c1-7-42(56)22-28-23-45(41(55)59-6,36-30(14-18-50(25-28)26-42)29-12-9-10-13-33(29)48-36)32-20-31-34(21-35(32)58-5)49(4)38-44(31)16-19-51-17-11-15-43(8-2,37(44)51)39(53)46(38,57)40(54)47-24-27(3)52/h9-13,15,20-21,27-28,37-39,48,52-53,56-57H,7-8,14,16-19,22-26H2,1-6H3,(H,47,54)/t27?,28-,37?,38?,39-,42?,43-,44-,45+,46+/m1/s1. The first kappa shape index (κ1) is 40.4. The Kier molecular flexibility index (Phi) is 9.62. The molecule has 1 aromatic heterocycles. The summed E-state index contributed by atoms with van der Waals surface area (Å²) in [5, 5.41) is 51.9. The molecule has 0 radical (unpaired) electrons. The Morgan fingerprint density at radius 2 is 1.83 bits per heavy atom. The number of rotatable bonds is 8. The van der Waals surface area contributed by atoms with Crippen LogP contribution in [0.2, 0.25) is 0 Å². The van der Waals surface area contributed by atoms with Gasteiger partial charge in [0.1, 0.15) is 17.3 Å². The number of para-hydroxylation sites is 1. The molecule has 13 heteroatoms. The lowest BCUT2D eigenvalue weighted by molar-refractivity contribution is -0.203. The van der Waals surface area contributed by atoms with Crippen molar-refractivity contribution in [3.63, 3.8) is 0 Å². The van der Waals surface area contributed by atoms with Gasteiger partial charge in [0.25, 0.3) is 5.91 Å². The maximum Gasteiger partial charge on any atom is 0.322 e. The molecular formula is C46H61N5O8. The highest BCUT2D eigenvalue weighted by atomic mass is 16.5. The van der Waals surface area contributed by atoms with Crippen molar-refractivity contribution in [2.45, 2.75) is 106 Å². The topological polar surface area (TPSA) is 171 Å². The number of aromatic amines is 1. The molecule has 6 heterocycles. The van der Waals surface area contributed by atoms with E-state index in [0.29, 0.717) is 82.6 Å². The number of nitrogens with one attached hydrogen (secondary N) is 2. The summed E-state index contributed by atoms with van der Waals surface area (Å²) in [6, 6.07) is 11.0. The third-order valence-electron chi connectivity index (χ3n) is 15.8. The average Bonchev–Trinajstić information content (AvgIpc) is 3.89. The van der Waals surface area contributed by atoms with E-state index in [9.17, 15) is 25.2 Å². The van der Waals surface area contributed by atoms with E-state index < -0.39 is 57.6 Å². The zero-order chi connectivity index (χ0) is 41.9. The number of carbonyl (C=O) groups excluding carboxylic acids is 2. The zero-order valence-corrected chi connectivity index (χ0v) is 35.3. The van der Waals surface area contributed by atoms with Crippen LogP contribution < -0.4 is 15.0 Å². The Balaban J connectivity index is 1.34. The number of benzene rings is 2. The first-order valence-corrected chi connectivity index (χ1v) is 21.6. The normalized spacial score (nSPS) is 37.7. The number of nitrogens with zero attached hydrogens (tertiary/aromatic N) is 3. The third-order valence-corrected chi connectivity index (χ3v) is 15.8. The Hall–Kier alpha value is -3.98. The number of piperidine rings is 1. The van der Waals surface area contributed by atoms with Crippen molar-refractivity contribution < 1.29 is 39.5 Å². The maximum atomic E-state index is 15.3. The van der Waals surface area contributed by atoms with Gasteiger partial charge in [-0.3, -0.25) is 19.4 Å². The largest absolute Gasteiger partial charge is 0.496 e. The molecule has 1 saturated carbocycles. The molecule has 2 bridgehead atoms. The maximum absolute atomic E-state index is 15.3. The fraction of sp³-hybridized carbons (Fsp3) is 0.609. The van der Waals surface area contributed by atoms with Crippen LogP contribution in [0.1, 0.15) is 75.3 Å². The number of esters is 1. The Morgan fingerprint density at radius 1 is 1.05 bits per heavy atom. The number of hydrogen-bond donors (Lipinski definition) is 6. The molecule has 13 nitrogen and oxygen atoms in total. The van der Waals surface area contributed by atoms with Gasteiger partial charge in [0.15, 0.2) is 5.60 Å². The second kappa shape index (κ2) is 14.0. The summed E-state index contributed by atoms with van der Waals surface area (Å²) >= 11 is 0. The number of fused-ring (bicyclic) bond motifs is 6. The van der Waals surface area contributed by atoms with Gasteiger partial charge in [0.05, 0.1) is 32.0 Å². The first-order valence-electron chi connectivity index (χ1n) is 21.6. The number of aliphatic hydroxyl groups is 4. The highest BCUT2D eigenvalue weighted by Crippen LogP contribution is 2.67. The number of methoxy groups -OCH3 is 2. The van der Waals surface area contributed by atoms with Crippen molar-refractivity contribution in [2.75, 3.05) is 65.4 Å². The molecular weight excluding hydrogens is 751 g/mol. The van der Waals surface area contributed by atoms with Crippen molar-refractivity contribution in [1.29, 1.82) is 0 Å². The molecule has 5 aliphatic heterocycles. The van der Waals surface area contributed by atoms with Gasteiger partial charge in [-0.1, -0.05) is 44.2 Å². The molecule has 11 atom stereocenters. The highest BCUT2D eigenvalue weighted by Gasteiger charge is 2.78. The summed E-state index contributed by atoms with van der Waals surface area (Å²) in [5.41, 5.74) is -1.61. The number of anilines is 1. The second-order valence-electron chi connectivity index (χ2n) is 18.7. The number of aromatic nitrogens is 1. The number of aliphatic hydroxyl groups excluding tert-OH is 2. The Labute approximate surface area is 346 Å². The molecule has 6 aliphatic rings. The number of amides is 1. The van der Waals surface area contributed by atoms with Gasteiger partial charge in [0, 0.05) is 90.6 Å². The fourth-order valence-electron chi connectivity index (χ4n) is 13.4. The molecule has 3 aromatic rings. The fourth-order valence-corrected chi connectivity index (χ4v) is 13.4. The number of hydrogen-bond acceptors (Lipinski definition) is 11. The van der Waals surface area contributed by atoms with E-state index in [-0.39, 0.29) is 18.5 Å². The number of likely N-dealkylation sites (N-methyl/N-ethyl adjacent to an activating group) is 1. The summed E-state index contributed by atoms with van der Waals surface area (Å²) in [5.74, 6) is -0.808. The number of H-pyrrole nitrogens is 1. The van der Waals surface area contributed by atoms with Crippen LogP contribution in [0.4, 0.5) is 5.69 Å². The summed E-state index contributed by atoms with van der Waals surface area (Å²) in [6.45, 7) is 8.81. The van der Waals surface area contributed by atoms with Crippen molar-refractivity contribution in [1.82, 2.24) is 20.1 Å². The van der Waals surface area contributed by atoms with E-state index in [0.717, 1.165) is 33.4 Å². The SMILES string of the molecule is CCC1(O)C[C@H]2CN(CCc3c([nH]c4ccccc34)[C@@](C(=O)OC)(c3cc4c(cc3OC)N(C)C3[C@]45CCN4CC=C[C@](CC)(C45)[C@@H](O)[C@]3(O)C(=O)NCC(C)O)C2)C1. The summed E-state index contributed by atoms with van der Waals surface area (Å²) in [7, 11) is 4.90. The molecule has 3 fully saturated rings. The average molecular weight is 812 g/mol. The van der Waals surface area contributed by atoms with E-state index in [4.69, 9.17) is 9.47 Å². The van der Waals surface area contributed by atoms with Crippen LogP contribution in [-0.2, 0) is 31.6 Å². The van der Waals surface area contributed by atoms with Gasteiger partial charge < -0.3 is 45.1 Å². The highest BCUT2D eigenvalue weighted by molar-refractivity contribution is 5.95.